The highest BCUT2D eigenvalue weighted by Gasteiger charge is 2.36. The molecule has 73 heavy (non-hydrogen) atoms. The molecule has 0 fully saturated rings. The van der Waals surface area contributed by atoms with Gasteiger partial charge in [-0.1, -0.05) is 189 Å². The molecule has 2 nitrogen and oxygen atoms in total. The molecule has 4 heteroatoms. The van der Waals surface area contributed by atoms with Gasteiger partial charge in [0.25, 0.3) is 0 Å². The number of hydrogen-bond donors (Lipinski definition) is 0. The summed E-state index contributed by atoms with van der Waals surface area (Å²) in [5.74, 6) is 0. The minimum atomic E-state index is -0.123. The molecule has 0 saturated heterocycles. The van der Waals surface area contributed by atoms with Gasteiger partial charge in [-0.3, -0.25) is 0 Å². The molecule has 5 aliphatic rings. The minimum Gasteiger partial charge on any atom is -0.312 e. The summed E-state index contributed by atoms with van der Waals surface area (Å²) in [6.45, 7) is 4.78. The first-order chi connectivity index (χ1) is 36.0. The Hall–Kier alpha value is -7.76. The Morgan fingerprint density at radius 2 is 1.04 bits per heavy atom. The fraction of sp³-hybridized carbons (Fsp3) is 0.101. The van der Waals surface area contributed by atoms with E-state index in [2.05, 4.69) is 242 Å². The van der Waals surface area contributed by atoms with E-state index in [0.717, 1.165) is 25.7 Å². The molecule has 3 aliphatic carbocycles. The smallest absolute Gasteiger partial charge is 0.0601 e. The number of rotatable bonds is 5. The van der Waals surface area contributed by atoms with Crippen LogP contribution in [0.15, 0.2) is 249 Å². The zero-order valence-corrected chi connectivity index (χ0v) is 42.5. The monoisotopic (exact) mass is 970 g/mol. The first-order valence-electron chi connectivity index (χ1n) is 25.8. The Labute approximate surface area is 435 Å². The fourth-order valence-corrected chi connectivity index (χ4v) is 15.0. The molecule has 0 aromatic heterocycles. The maximum absolute atomic E-state index is 2.56. The molecule has 348 valence electrons. The van der Waals surface area contributed by atoms with Crippen molar-refractivity contribution in [1.82, 2.24) is 0 Å². The molecular weight excluding hydrogens is 921 g/mol. The van der Waals surface area contributed by atoms with Crippen molar-refractivity contribution >= 4 is 78.6 Å². The fourth-order valence-electron chi connectivity index (χ4n) is 12.7. The molecule has 0 spiro atoms. The van der Waals surface area contributed by atoms with Crippen LogP contribution in [0.3, 0.4) is 0 Å². The van der Waals surface area contributed by atoms with Gasteiger partial charge in [-0.15, -0.1) is 0 Å². The van der Waals surface area contributed by atoms with E-state index in [0.29, 0.717) is 0 Å². The average molecular weight is 971 g/mol. The van der Waals surface area contributed by atoms with Crippen LogP contribution >= 0.6 is 23.5 Å². The second-order valence-electron chi connectivity index (χ2n) is 20.6. The zero-order chi connectivity index (χ0) is 48.4. The van der Waals surface area contributed by atoms with Gasteiger partial charge in [0, 0.05) is 42.1 Å². The standard InChI is InChI=1S/C69H50N2S2/c1-69(2)57-22-8-7-20-50(57)51-36-33-45(40-58(51)69)49-19-5-6-21-52(49)68-54-38-35-47(70-59-23-9-13-27-63(59)72-64-28-14-10-24-60(64)70)41-55(54)67(46-32-31-43-17-3-4-18-44(43)39-46)53-37-34-48(42-56(53)68)71-61-25-11-15-29-65(61)73-66-30-16-12-26-62(66)71/h3-9,11-15,17-23,25-29,31-42H,10,16,24,30H2,1-2H3. The van der Waals surface area contributed by atoms with Crippen LogP contribution in [-0.2, 0) is 5.41 Å². The number of benzene rings is 10. The molecular formula is C69H50N2S2. The van der Waals surface area contributed by atoms with Crippen LogP contribution in [0.2, 0.25) is 0 Å². The first-order valence-corrected chi connectivity index (χ1v) is 27.4. The highest BCUT2D eigenvalue weighted by atomic mass is 32.2. The average Bonchev–Trinajstić information content (AvgIpc) is 3.67. The summed E-state index contributed by atoms with van der Waals surface area (Å²) in [5, 5.41) is 7.44. The van der Waals surface area contributed by atoms with Gasteiger partial charge >= 0.3 is 0 Å². The van der Waals surface area contributed by atoms with Crippen LogP contribution in [0.4, 0.5) is 22.7 Å². The van der Waals surface area contributed by atoms with Crippen LogP contribution < -0.4 is 9.80 Å². The van der Waals surface area contributed by atoms with E-state index >= 15 is 0 Å². The van der Waals surface area contributed by atoms with Crippen molar-refractivity contribution in [3.8, 4) is 44.5 Å². The van der Waals surface area contributed by atoms with Crippen LogP contribution in [-0.4, -0.2) is 0 Å². The van der Waals surface area contributed by atoms with Crippen LogP contribution in [0, 0.1) is 0 Å². The largest absolute Gasteiger partial charge is 0.312 e. The Morgan fingerprint density at radius 1 is 0.425 bits per heavy atom. The van der Waals surface area contributed by atoms with E-state index in [1.54, 1.807) is 0 Å². The van der Waals surface area contributed by atoms with Crippen molar-refractivity contribution in [2.75, 3.05) is 9.80 Å². The van der Waals surface area contributed by atoms with Gasteiger partial charge < -0.3 is 9.80 Å². The van der Waals surface area contributed by atoms with Crippen molar-refractivity contribution < 1.29 is 0 Å². The lowest BCUT2D eigenvalue weighted by molar-refractivity contribution is 0.660. The number of allylic oxidation sites excluding steroid dienone is 6. The van der Waals surface area contributed by atoms with Gasteiger partial charge in [0.2, 0.25) is 0 Å². The molecule has 0 radical (unpaired) electrons. The van der Waals surface area contributed by atoms with Gasteiger partial charge in [0.05, 0.1) is 17.1 Å². The number of nitrogens with zero attached hydrogens (tertiary/aromatic N) is 2. The number of thioether (sulfide) groups is 2. The third kappa shape index (κ3) is 6.66. The Kier molecular flexibility index (Phi) is 9.78. The van der Waals surface area contributed by atoms with E-state index < -0.39 is 0 Å². The van der Waals surface area contributed by atoms with Crippen LogP contribution in [0.1, 0.15) is 50.7 Å². The summed E-state index contributed by atoms with van der Waals surface area (Å²) in [7, 11) is 0. The first kappa shape index (κ1) is 42.9. The van der Waals surface area contributed by atoms with E-state index in [-0.39, 0.29) is 5.41 Å². The van der Waals surface area contributed by atoms with Crippen LogP contribution in [0.25, 0.3) is 76.8 Å². The van der Waals surface area contributed by atoms with E-state index in [9.17, 15) is 0 Å². The lowest BCUT2D eigenvalue weighted by Gasteiger charge is -2.36. The zero-order valence-electron chi connectivity index (χ0n) is 40.8. The number of anilines is 4. The molecule has 0 atom stereocenters. The molecule has 2 aliphatic heterocycles. The maximum atomic E-state index is 2.56. The van der Waals surface area contributed by atoms with Crippen molar-refractivity contribution in [1.29, 1.82) is 0 Å². The summed E-state index contributed by atoms with van der Waals surface area (Å²) < 4.78 is 0. The molecule has 0 unspecified atom stereocenters. The number of para-hydroxylation sites is 2. The third-order valence-corrected chi connectivity index (χ3v) is 18.5. The number of fused-ring (bicyclic) bond motifs is 8. The van der Waals surface area contributed by atoms with E-state index in [1.807, 2.05) is 23.5 Å². The normalized spacial score (nSPS) is 16.1. The van der Waals surface area contributed by atoms with Gasteiger partial charge in [0.1, 0.15) is 0 Å². The predicted molar refractivity (Wildman–Crippen MR) is 313 cm³/mol. The molecule has 2 heterocycles. The van der Waals surface area contributed by atoms with Gasteiger partial charge in [-0.05, 0) is 180 Å². The summed E-state index contributed by atoms with van der Waals surface area (Å²) in [6.07, 6.45) is 13.5. The van der Waals surface area contributed by atoms with E-state index in [4.69, 9.17) is 0 Å². The molecule has 0 bridgehead atoms. The summed E-state index contributed by atoms with van der Waals surface area (Å²) >= 11 is 3.84. The highest BCUT2D eigenvalue weighted by molar-refractivity contribution is 8.03. The molecule has 10 aromatic carbocycles. The Balaban J connectivity index is 1.05. The Morgan fingerprint density at radius 3 is 1.88 bits per heavy atom. The second-order valence-corrected chi connectivity index (χ2v) is 22.8. The van der Waals surface area contributed by atoms with Gasteiger partial charge in [0.15, 0.2) is 0 Å². The molecule has 10 aromatic rings. The van der Waals surface area contributed by atoms with Crippen molar-refractivity contribution in [2.24, 2.45) is 0 Å². The topological polar surface area (TPSA) is 6.48 Å². The number of hydrogen-bond acceptors (Lipinski definition) is 4. The molecule has 0 amide bonds. The van der Waals surface area contributed by atoms with Crippen LogP contribution in [0.5, 0.6) is 0 Å². The molecule has 15 rings (SSSR count). The maximum Gasteiger partial charge on any atom is 0.0601 e. The van der Waals surface area contributed by atoms with E-state index in [1.165, 1.54) is 142 Å². The predicted octanol–water partition coefficient (Wildman–Crippen LogP) is 20.1. The second kappa shape index (κ2) is 16.6. The molecule has 0 N–H and O–H groups in total. The van der Waals surface area contributed by atoms with Crippen molar-refractivity contribution in [2.45, 2.75) is 54.7 Å². The SMILES string of the molecule is CC1(C)c2ccccc2-c2ccc(-c3ccccc3-c3c4ccc(N5C6=C(C=CCC6)Sc6ccccc65)cc4c(-c4ccc5ccccc5c4)c4ccc(N5C6=C(CCC=C6)Sc6ccccc65)cc34)cc21. The minimum absolute atomic E-state index is 0.123. The quantitative estimate of drug-likeness (QED) is 0.159. The lowest BCUT2D eigenvalue weighted by Crippen LogP contribution is -2.22. The van der Waals surface area contributed by atoms with Gasteiger partial charge in [-0.25, -0.2) is 0 Å². The lowest BCUT2D eigenvalue weighted by atomic mass is 9.80. The summed E-state index contributed by atoms with van der Waals surface area (Å²) in [4.78, 5) is 10.5. The molecule has 0 saturated carbocycles. The third-order valence-electron chi connectivity index (χ3n) is 16.1. The van der Waals surface area contributed by atoms with Crippen molar-refractivity contribution in [3.05, 3.63) is 251 Å². The highest BCUT2D eigenvalue weighted by Crippen LogP contribution is 2.56. The summed E-state index contributed by atoms with van der Waals surface area (Å²) in [6, 6.07) is 74.0. The Bertz CT molecular complexity index is 4150. The van der Waals surface area contributed by atoms with Gasteiger partial charge in [-0.2, -0.15) is 0 Å². The summed E-state index contributed by atoms with van der Waals surface area (Å²) in [5.41, 5.74) is 20.3. The van der Waals surface area contributed by atoms with Crippen molar-refractivity contribution in [3.63, 3.8) is 0 Å².